The Balaban J connectivity index is 2.04. The topological polar surface area (TPSA) is 70.8 Å². The number of amides is 1. The normalized spacial score (nSPS) is 18.3. The van der Waals surface area contributed by atoms with Crippen LogP contribution in [-0.2, 0) is 4.79 Å². The Morgan fingerprint density at radius 3 is 2.47 bits per heavy atom. The molecule has 104 valence electrons. The number of hydrogen-bond donors (Lipinski definition) is 1. The van der Waals surface area contributed by atoms with Crippen molar-refractivity contribution in [2.45, 2.75) is 26.2 Å². The van der Waals surface area contributed by atoms with Crippen LogP contribution in [0.2, 0.25) is 5.22 Å². The van der Waals surface area contributed by atoms with E-state index in [1.807, 2.05) is 6.92 Å². The minimum Gasteiger partial charge on any atom is -0.481 e. The van der Waals surface area contributed by atoms with Gasteiger partial charge in [0.15, 0.2) is 11.0 Å². The summed E-state index contributed by atoms with van der Waals surface area (Å²) in [6, 6.07) is 3.05. The molecule has 1 fully saturated rings. The molecule has 0 saturated carbocycles. The monoisotopic (exact) mass is 285 g/mol. The lowest BCUT2D eigenvalue weighted by Crippen LogP contribution is -2.46. The molecule has 6 heteroatoms. The zero-order valence-corrected chi connectivity index (χ0v) is 11.4. The molecule has 0 unspecified atom stereocenters. The van der Waals surface area contributed by atoms with E-state index >= 15 is 0 Å². The molecule has 1 aromatic heterocycles. The van der Waals surface area contributed by atoms with E-state index in [9.17, 15) is 14.7 Å². The Kier molecular flexibility index (Phi) is 3.85. The molecule has 1 amide bonds. The zero-order chi connectivity index (χ0) is 14.0. The highest BCUT2D eigenvalue weighted by Crippen LogP contribution is 2.35. The summed E-state index contributed by atoms with van der Waals surface area (Å²) < 4.78 is 5.08. The number of carboxylic acid groups (broad SMARTS) is 1. The van der Waals surface area contributed by atoms with Gasteiger partial charge >= 0.3 is 5.97 Å². The van der Waals surface area contributed by atoms with Gasteiger partial charge in [-0.2, -0.15) is 0 Å². The molecule has 2 heterocycles. The molecule has 1 saturated heterocycles. The standard InChI is InChI=1S/C13H16ClNO4/c1-2-13(12(17)18)5-7-15(8-6-13)11(16)9-3-4-10(14)19-9/h3-4H,2,5-8H2,1H3,(H,17,18). The minimum atomic E-state index is -0.775. The third-order valence-corrected chi connectivity index (χ3v) is 4.13. The predicted molar refractivity (Wildman–Crippen MR) is 69.2 cm³/mol. The molecule has 0 radical (unpaired) electrons. The fourth-order valence-electron chi connectivity index (χ4n) is 2.44. The molecule has 1 N–H and O–H groups in total. The second-order valence-electron chi connectivity index (χ2n) is 4.83. The number of nitrogens with zero attached hydrogens (tertiary/aromatic N) is 1. The van der Waals surface area contributed by atoms with Crippen molar-refractivity contribution in [2.75, 3.05) is 13.1 Å². The Morgan fingerprint density at radius 1 is 1.42 bits per heavy atom. The van der Waals surface area contributed by atoms with E-state index in [1.165, 1.54) is 12.1 Å². The van der Waals surface area contributed by atoms with Gasteiger partial charge in [0.05, 0.1) is 5.41 Å². The first-order valence-corrected chi connectivity index (χ1v) is 6.64. The SMILES string of the molecule is CCC1(C(=O)O)CCN(C(=O)c2ccc(Cl)o2)CC1. The van der Waals surface area contributed by atoms with Crippen molar-refractivity contribution >= 4 is 23.5 Å². The molecule has 0 spiro atoms. The van der Waals surface area contributed by atoms with Gasteiger partial charge < -0.3 is 14.4 Å². The van der Waals surface area contributed by atoms with Crippen LogP contribution in [0.1, 0.15) is 36.7 Å². The van der Waals surface area contributed by atoms with Crippen molar-refractivity contribution in [1.82, 2.24) is 4.90 Å². The summed E-state index contributed by atoms with van der Waals surface area (Å²) in [6.45, 7) is 2.73. The van der Waals surface area contributed by atoms with E-state index in [1.54, 1.807) is 4.90 Å². The van der Waals surface area contributed by atoms with Crippen LogP contribution in [0.5, 0.6) is 0 Å². The molecule has 0 atom stereocenters. The van der Waals surface area contributed by atoms with Crippen molar-refractivity contribution in [3.63, 3.8) is 0 Å². The van der Waals surface area contributed by atoms with Gasteiger partial charge in [0, 0.05) is 13.1 Å². The summed E-state index contributed by atoms with van der Waals surface area (Å²) in [5.74, 6) is -0.811. The summed E-state index contributed by atoms with van der Waals surface area (Å²) in [5.41, 5.74) is -0.697. The highest BCUT2D eigenvalue weighted by atomic mass is 35.5. The predicted octanol–water partition coefficient (Wildman–Crippen LogP) is 2.65. The number of furan rings is 1. The van der Waals surface area contributed by atoms with Gasteiger partial charge in [-0.1, -0.05) is 6.92 Å². The summed E-state index contributed by atoms with van der Waals surface area (Å²) in [4.78, 5) is 25.0. The van der Waals surface area contributed by atoms with Crippen molar-refractivity contribution in [3.05, 3.63) is 23.1 Å². The number of rotatable bonds is 3. The number of piperidine rings is 1. The summed E-state index contributed by atoms with van der Waals surface area (Å²) in [7, 11) is 0. The van der Waals surface area contributed by atoms with Crippen LogP contribution in [0.3, 0.4) is 0 Å². The quantitative estimate of drug-likeness (QED) is 0.927. The Labute approximate surface area is 116 Å². The first-order chi connectivity index (χ1) is 8.98. The lowest BCUT2D eigenvalue weighted by atomic mass is 9.76. The van der Waals surface area contributed by atoms with Crippen molar-refractivity contribution < 1.29 is 19.1 Å². The van der Waals surface area contributed by atoms with Gasteiger partial charge in [0.2, 0.25) is 0 Å². The lowest BCUT2D eigenvalue weighted by molar-refractivity contribution is -0.152. The van der Waals surface area contributed by atoms with Crippen LogP contribution in [0.15, 0.2) is 16.5 Å². The van der Waals surface area contributed by atoms with Gasteiger partial charge in [0.25, 0.3) is 5.91 Å². The molecule has 1 aliphatic heterocycles. The number of carbonyl (C=O) groups is 2. The number of halogens is 1. The van der Waals surface area contributed by atoms with E-state index in [0.29, 0.717) is 32.4 Å². The van der Waals surface area contributed by atoms with Crippen LogP contribution in [-0.4, -0.2) is 35.0 Å². The number of aliphatic carboxylic acids is 1. The van der Waals surface area contributed by atoms with Crippen molar-refractivity contribution in [2.24, 2.45) is 5.41 Å². The molecule has 1 aliphatic rings. The minimum absolute atomic E-state index is 0.175. The Morgan fingerprint density at radius 2 is 2.05 bits per heavy atom. The second kappa shape index (κ2) is 5.25. The van der Waals surface area contributed by atoms with Crippen LogP contribution in [0.4, 0.5) is 0 Å². The van der Waals surface area contributed by atoms with Crippen molar-refractivity contribution in [3.8, 4) is 0 Å². The highest BCUT2D eigenvalue weighted by Gasteiger charge is 2.41. The number of carbonyl (C=O) groups excluding carboxylic acids is 1. The van der Waals surface area contributed by atoms with Gasteiger partial charge in [-0.25, -0.2) is 0 Å². The summed E-state index contributed by atoms with van der Waals surface area (Å²) in [6.07, 6.45) is 1.52. The average Bonchev–Trinajstić information content (AvgIpc) is 2.84. The van der Waals surface area contributed by atoms with Gasteiger partial charge in [-0.05, 0) is 43.0 Å². The molecule has 0 aliphatic carbocycles. The third kappa shape index (κ3) is 2.61. The molecule has 19 heavy (non-hydrogen) atoms. The van der Waals surface area contributed by atoms with Crippen LogP contribution in [0.25, 0.3) is 0 Å². The molecule has 0 aromatic carbocycles. The van der Waals surface area contributed by atoms with Crippen molar-refractivity contribution in [1.29, 1.82) is 0 Å². The first-order valence-electron chi connectivity index (χ1n) is 6.26. The van der Waals surface area contributed by atoms with E-state index < -0.39 is 11.4 Å². The maximum absolute atomic E-state index is 12.1. The summed E-state index contributed by atoms with van der Waals surface area (Å²) >= 11 is 5.64. The Bertz CT molecular complexity index is 489. The van der Waals surface area contributed by atoms with Gasteiger partial charge in [-0.3, -0.25) is 9.59 Å². The lowest BCUT2D eigenvalue weighted by Gasteiger charge is -2.37. The van der Waals surface area contributed by atoms with E-state index in [0.717, 1.165) is 0 Å². The molecule has 5 nitrogen and oxygen atoms in total. The molecule has 1 aromatic rings. The maximum Gasteiger partial charge on any atom is 0.309 e. The second-order valence-corrected chi connectivity index (χ2v) is 5.21. The number of hydrogen-bond acceptors (Lipinski definition) is 3. The molecular weight excluding hydrogens is 270 g/mol. The smallest absolute Gasteiger partial charge is 0.309 e. The highest BCUT2D eigenvalue weighted by molar-refractivity contribution is 6.29. The van der Waals surface area contributed by atoms with Gasteiger partial charge in [0.1, 0.15) is 0 Å². The zero-order valence-electron chi connectivity index (χ0n) is 10.7. The van der Waals surface area contributed by atoms with E-state index in [2.05, 4.69) is 0 Å². The fraction of sp³-hybridized carbons (Fsp3) is 0.538. The summed E-state index contributed by atoms with van der Waals surface area (Å²) in [5, 5.41) is 9.47. The molecular formula is C13H16ClNO4. The molecule has 0 bridgehead atoms. The first kappa shape index (κ1) is 13.9. The Hall–Kier alpha value is -1.49. The maximum atomic E-state index is 12.1. The van der Waals surface area contributed by atoms with Crippen LogP contribution >= 0.6 is 11.6 Å². The fourth-order valence-corrected chi connectivity index (χ4v) is 2.59. The van der Waals surface area contributed by atoms with Gasteiger partial charge in [-0.15, -0.1) is 0 Å². The van der Waals surface area contributed by atoms with E-state index in [4.69, 9.17) is 16.0 Å². The third-order valence-electron chi connectivity index (χ3n) is 3.92. The van der Waals surface area contributed by atoms with Crippen LogP contribution in [0, 0.1) is 5.41 Å². The van der Waals surface area contributed by atoms with E-state index in [-0.39, 0.29) is 16.9 Å². The largest absolute Gasteiger partial charge is 0.481 e. The average molecular weight is 286 g/mol. The van der Waals surface area contributed by atoms with Crippen LogP contribution < -0.4 is 0 Å². The molecule has 2 rings (SSSR count). The number of carboxylic acids is 1. The number of likely N-dealkylation sites (tertiary alicyclic amines) is 1.